The lowest BCUT2D eigenvalue weighted by atomic mass is 10.3. The molecule has 0 unspecified atom stereocenters. The zero-order valence-corrected chi connectivity index (χ0v) is 11.6. The summed E-state index contributed by atoms with van der Waals surface area (Å²) in [5.41, 5.74) is 0.0490. The number of anilines is 1. The number of furan rings is 1. The normalized spacial score (nSPS) is 10.1. The van der Waals surface area contributed by atoms with Gasteiger partial charge in [-0.05, 0) is 23.6 Å². The van der Waals surface area contributed by atoms with Crippen LogP contribution in [-0.2, 0) is 4.79 Å². The van der Waals surface area contributed by atoms with Gasteiger partial charge in [-0.3, -0.25) is 9.59 Å². The van der Waals surface area contributed by atoms with Gasteiger partial charge in [-0.2, -0.15) is 0 Å². The topological polar surface area (TPSA) is 109 Å². The molecule has 0 atom stereocenters. The number of aromatic carboxylic acids is 1. The molecule has 0 fully saturated rings. The van der Waals surface area contributed by atoms with Crippen molar-refractivity contribution in [2.45, 2.75) is 6.42 Å². The van der Waals surface area contributed by atoms with Crippen molar-refractivity contribution in [1.29, 1.82) is 0 Å². The van der Waals surface area contributed by atoms with Gasteiger partial charge in [0.25, 0.3) is 5.91 Å². The molecule has 3 N–H and O–H groups in total. The number of carbonyl (C=O) groups is 3. The molecule has 2 rings (SSSR count). The molecule has 0 saturated heterocycles. The molecule has 2 amide bonds. The Hall–Kier alpha value is -2.61. The minimum atomic E-state index is -1.10. The molecule has 2 aromatic rings. The maximum absolute atomic E-state index is 11.7. The molecule has 0 saturated carbocycles. The van der Waals surface area contributed by atoms with Gasteiger partial charge >= 0.3 is 5.97 Å². The number of rotatable bonds is 6. The number of thiophene rings is 1. The number of hydrogen-bond donors (Lipinski definition) is 3. The minimum absolute atomic E-state index is 0.0312. The number of carbonyl (C=O) groups excluding carboxylic acids is 2. The Balaban J connectivity index is 1.79. The average Bonchev–Trinajstić information content (AvgIpc) is 3.09. The lowest BCUT2D eigenvalue weighted by Gasteiger charge is -2.05. The third kappa shape index (κ3) is 3.93. The highest BCUT2D eigenvalue weighted by molar-refractivity contribution is 7.14. The van der Waals surface area contributed by atoms with Crippen molar-refractivity contribution in [3.63, 3.8) is 0 Å². The summed E-state index contributed by atoms with van der Waals surface area (Å²) in [5, 5.41) is 15.8. The summed E-state index contributed by atoms with van der Waals surface area (Å²) < 4.78 is 4.90. The van der Waals surface area contributed by atoms with Crippen LogP contribution in [0, 0.1) is 0 Å². The molecule has 2 aromatic heterocycles. The van der Waals surface area contributed by atoms with E-state index >= 15 is 0 Å². The van der Waals surface area contributed by atoms with Gasteiger partial charge in [0, 0.05) is 13.0 Å². The lowest BCUT2D eigenvalue weighted by molar-refractivity contribution is -0.116. The molecular formula is C13H12N2O5S. The number of hydrogen-bond acceptors (Lipinski definition) is 5. The zero-order chi connectivity index (χ0) is 15.2. The van der Waals surface area contributed by atoms with E-state index in [1.807, 2.05) is 0 Å². The van der Waals surface area contributed by atoms with Crippen LogP contribution >= 0.6 is 11.3 Å². The summed E-state index contributed by atoms with van der Waals surface area (Å²) in [6, 6.07) is 4.52. The van der Waals surface area contributed by atoms with Gasteiger partial charge in [-0.1, -0.05) is 0 Å². The third-order valence-electron chi connectivity index (χ3n) is 2.53. The number of carboxylic acid groups (broad SMARTS) is 1. The summed E-state index contributed by atoms with van der Waals surface area (Å²) in [4.78, 5) is 34.1. The van der Waals surface area contributed by atoms with E-state index in [0.29, 0.717) is 0 Å². The highest BCUT2D eigenvalue weighted by Crippen LogP contribution is 2.23. The fourth-order valence-electron chi connectivity index (χ4n) is 1.55. The summed E-state index contributed by atoms with van der Waals surface area (Å²) >= 11 is 1.13. The second-order valence-corrected chi connectivity index (χ2v) is 4.92. The molecule has 0 aromatic carbocycles. The number of carboxylic acids is 1. The van der Waals surface area contributed by atoms with Crippen molar-refractivity contribution in [3.05, 3.63) is 41.2 Å². The van der Waals surface area contributed by atoms with E-state index in [1.165, 1.54) is 18.4 Å². The fraction of sp³-hybridized carbons (Fsp3) is 0.154. The van der Waals surface area contributed by atoms with Crippen molar-refractivity contribution >= 4 is 34.1 Å². The molecule has 0 aliphatic heterocycles. The average molecular weight is 308 g/mol. The predicted octanol–water partition coefficient (Wildman–Crippen LogP) is 1.80. The van der Waals surface area contributed by atoms with Crippen LogP contribution in [-0.4, -0.2) is 29.4 Å². The van der Waals surface area contributed by atoms with Crippen LogP contribution in [0.5, 0.6) is 0 Å². The van der Waals surface area contributed by atoms with Gasteiger partial charge in [0.05, 0.1) is 11.8 Å². The quantitative estimate of drug-likeness (QED) is 0.754. The van der Waals surface area contributed by atoms with E-state index in [1.54, 1.807) is 11.4 Å². The van der Waals surface area contributed by atoms with Gasteiger partial charge in [-0.15, -0.1) is 11.3 Å². The monoisotopic (exact) mass is 308 g/mol. The molecule has 21 heavy (non-hydrogen) atoms. The van der Waals surface area contributed by atoms with Crippen molar-refractivity contribution < 1.29 is 23.9 Å². The maximum Gasteiger partial charge on any atom is 0.338 e. The highest BCUT2D eigenvalue weighted by Gasteiger charge is 2.14. The van der Waals surface area contributed by atoms with Crippen molar-refractivity contribution in [2.24, 2.45) is 0 Å². The van der Waals surface area contributed by atoms with Crippen LogP contribution in [0.2, 0.25) is 0 Å². The molecule has 110 valence electrons. The Kier molecular flexibility index (Phi) is 4.72. The van der Waals surface area contributed by atoms with Crippen molar-refractivity contribution in [3.8, 4) is 0 Å². The summed E-state index contributed by atoms with van der Waals surface area (Å²) in [6.45, 7) is 0.124. The van der Waals surface area contributed by atoms with Crippen LogP contribution in [0.15, 0.2) is 34.3 Å². The molecule has 0 aliphatic carbocycles. The first kappa shape index (κ1) is 14.8. The summed E-state index contributed by atoms with van der Waals surface area (Å²) in [6.07, 6.45) is 1.41. The van der Waals surface area contributed by atoms with E-state index < -0.39 is 11.9 Å². The van der Waals surface area contributed by atoms with Crippen LogP contribution < -0.4 is 10.6 Å². The Labute approximate surface area is 123 Å². The first-order valence-electron chi connectivity index (χ1n) is 6.00. The highest BCUT2D eigenvalue weighted by atomic mass is 32.1. The fourth-order valence-corrected chi connectivity index (χ4v) is 2.34. The number of nitrogens with one attached hydrogen (secondary N) is 2. The predicted molar refractivity (Wildman–Crippen MR) is 75.6 cm³/mol. The summed E-state index contributed by atoms with van der Waals surface area (Å²) in [5.74, 6) is -1.71. The second-order valence-electron chi connectivity index (χ2n) is 4.00. The first-order valence-corrected chi connectivity index (χ1v) is 6.88. The van der Waals surface area contributed by atoms with Gasteiger partial charge in [-0.25, -0.2) is 4.79 Å². The molecular weight excluding hydrogens is 296 g/mol. The molecule has 0 aliphatic rings. The Morgan fingerprint density at radius 2 is 2.10 bits per heavy atom. The standard InChI is InChI=1S/C13H12N2O5S/c16-10(15-12-8(13(18)19)4-7-21-12)3-5-14-11(17)9-2-1-6-20-9/h1-2,4,6-7H,3,5H2,(H,14,17)(H,15,16)(H,18,19). The van der Waals surface area contributed by atoms with Gasteiger partial charge < -0.3 is 20.2 Å². The third-order valence-corrected chi connectivity index (χ3v) is 3.36. The molecule has 8 heteroatoms. The Morgan fingerprint density at radius 1 is 1.29 bits per heavy atom. The number of amides is 2. The zero-order valence-electron chi connectivity index (χ0n) is 10.8. The maximum atomic E-state index is 11.7. The van der Waals surface area contributed by atoms with E-state index in [-0.39, 0.29) is 35.2 Å². The van der Waals surface area contributed by atoms with E-state index in [4.69, 9.17) is 9.52 Å². The molecule has 0 radical (unpaired) electrons. The van der Waals surface area contributed by atoms with Crippen molar-refractivity contribution in [2.75, 3.05) is 11.9 Å². The lowest BCUT2D eigenvalue weighted by Crippen LogP contribution is -2.27. The molecule has 0 bridgehead atoms. The SMILES string of the molecule is O=C(CCNC(=O)c1ccco1)Nc1sccc1C(=O)O. The van der Waals surface area contributed by atoms with E-state index in [2.05, 4.69) is 10.6 Å². The Bertz CT molecular complexity index is 647. The van der Waals surface area contributed by atoms with Crippen LogP contribution in [0.4, 0.5) is 5.00 Å². The van der Waals surface area contributed by atoms with Crippen LogP contribution in [0.25, 0.3) is 0 Å². The first-order chi connectivity index (χ1) is 10.1. The van der Waals surface area contributed by atoms with Gasteiger partial charge in [0.2, 0.25) is 5.91 Å². The summed E-state index contributed by atoms with van der Waals surface area (Å²) in [7, 11) is 0. The van der Waals surface area contributed by atoms with E-state index in [9.17, 15) is 14.4 Å². The molecule has 2 heterocycles. The smallest absolute Gasteiger partial charge is 0.338 e. The molecule has 7 nitrogen and oxygen atoms in total. The van der Waals surface area contributed by atoms with Crippen molar-refractivity contribution in [1.82, 2.24) is 5.32 Å². The van der Waals surface area contributed by atoms with Gasteiger partial charge in [0.1, 0.15) is 5.00 Å². The van der Waals surface area contributed by atoms with E-state index in [0.717, 1.165) is 11.3 Å². The largest absolute Gasteiger partial charge is 0.478 e. The second kappa shape index (κ2) is 6.71. The van der Waals surface area contributed by atoms with Gasteiger partial charge in [0.15, 0.2) is 5.76 Å². The van der Waals surface area contributed by atoms with Crippen LogP contribution in [0.3, 0.4) is 0 Å². The van der Waals surface area contributed by atoms with Crippen LogP contribution in [0.1, 0.15) is 27.3 Å². The molecule has 0 spiro atoms. The minimum Gasteiger partial charge on any atom is -0.478 e. The Morgan fingerprint density at radius 3 is 2.76 bits per heavy atom.